The Morgan fingerprint density at radius 1 is 1.35 bits per heavy atom. The lowest BCUT2D eigenvalue weighted by Gasteiger charge is -2.29. The normalized spacial score (nSPS) is 14.8. The van der Waals surface area contributed by atoms with Crippen molar-refractivity contribution in [2.45, 2.75) is 12.8 Å². The van der Waals surface area contributed by atoms with Crippen LogP contribution in [0.3, 0.4) is 0 Å². The molecule has 0 atom stereocenters. The topological polar surface area (TPSA) is 64.4 Å². The van der Waals surface area contributed by atoms with Gasteiger partial charge in [0.25, 0.3) is 0 Å². The van der Waals surface area contributed by atoms with E-state index in [0.29, 0.717) is 31.5 Å². The zero-order valence-corrected chi connectivity index (χ0v) is 11.5. The van der Waals surface area contributed by atoms with Crippen molar-refractivity contribution in [3.05, 3.63) is 29.8 Å². The first-order valence-corrected chi connectivity index (χ1v) is 6.61. The van der Waals surface area contributed by atoms with Gasteiger partial charge in [-0.05, 0) is 12.1 Å². The van der Waals surface area contributed by atoms with Crippen LogP contribution in [-0.4, -0.2) is 43.3 Å². The molecule has 1 aromatic rings. The van der Waals surface area contributed by atoms with Crippen LogP contribution in [0.1, 0.15) is 18.4 Å². The summed E-state index contributed by atoms with van der Waals surface area (Å²) in [7, 11) is 1.79. The van der Waals surface area contributed by atoms with E-state index in [0.717, 1.165) is 5.69 Å². The highest BCUT2D eigenvalue weighted by molar-refractivity contribution is 5.85. The summed E-state index contributed by atoms with van der Waals surface area (Å²) in [5.74, 6) is 0.213. The van der Waals surface area contributed by atoms with Gasteiger partial charge in [0.2, 0.25) is 5.91 Å². The fraction of sp³-hybridized carbons (Fsp3) is 0.400. The van der Waals surface area contributed by atoms with Gasteiger partial charge in [0, 0.05) is 33.0 Å². The number of carbonyl (C=O) groups is 2. The van der Waals surface area contributed by atoms with E-state index in [1.165, 1.54) is 0 Å². The second-order valence-electron chi connectivity index (χ2n) is 4.90. The molecule has 1 fully saturated rings. The van der Waals surface area contributed by atoms with Crippen molar-refractivity contribution in [2.75, 3.05) is 31.6 Å². The van der Waals surface area contributed by atoms with Gasteiger partial charge in [-0.25, -0.2) is 0 Å². The number of benzene rings is 1. The van der Waals surface area contributed by atoms with Crippen LogP contribution in [0.25, 0.3) is 0 Å². The fourth-order valence-corrected chi connectivity index (χ4v) is 2.29. The molecule has 5 heteroatoms. The van der Waals surface area contributed by atoms with E-state index in [9.17, 15) is 9.59 Å². The van der Waals surface area contributed by atoms with Crippen molar-refractivity contribution in [3.8, 4) is 6.07 Å². The molecule has 0 aliphatic carbocycles. The summed E-state index contributed by atoms with van der Waals surface area (Å²) in [5, 5.41) is 9.07. The number of carbonyl (C=O) groups excluding carboxylic acids is 2. The first-order valence-electron chi connectivity index (χ1n) is 6.61. The van der Waals surface area contributed by atoms with E-state index in [1.807, 2.05) is 12.1 Å². The van der Waals surface area contributed by atoms with Crippen LogP contribution in [0.2, 0.25) is 0 Å². The van der Waals surface area contributed by atoms with Crippen molar-refractivity contribution in [1.29, 1.82) is 5.26 Å². The molecule has 1 aromatic carbocycles. The smallest absolute Gasteiger partial charge is 0.242 e. The third-order valence-electron chi connectivity index (χ3n) is 3.48. The average Bonchev–Trinajstić information content (AvgIpc) is 2.47. The Kier molecular flexibility index (Phi) is 4.36. The summed E-state index contributed by atoms with van der Waals surface area (Å²) >= 11 is 0. The zero-order chi connectivity index (χ0) is 14.5. The highest BCUT2D eigenvalue weighted by Crippen LogP contribution is 2.18. The SMILES string of the molecule is CN(CC(=O)N1CCC(=O)CC1)c1ccccc1C#N. The lowest BCUT2D eigenvalue weighted by Crippen LogP contribution is -2.43. The minimum absolute atomic E-state index is 0.00672. The monoisotopic (exact) mass is 271 g/mol. The van der Waals surface area contributed by atoms with Gasteiger partial charge in [-0.2, -0.15) is 5.26 Å². The zero-order valence-electron chi connectivity index (χ0n) is 11.5. The average molecular weight is 271 g/mol. The molecule has 1 saturated heterocycles. The molecule has 0 N–H and O–H groups in total. The maximum atomic E-state index is 12.2. The largest absolute Gasteiger partial charge is 0.364 e. The molecule has 0 saturated carbocycles. The van der Waals surface area contributed by atoms with Crippen LogP contribution < -0.4 is 4.90 Å². The number of rotatable bonds is 3. The summed E-state index contributed by atoms with van der Waals surface area (Å²) in [6, 6.07) is 9.32. The van der Waals surface area contributed by atoms with Gasteiger partial charge in [0.05, 0.1) is 17.8 Å². The number of nitriles is 1. The number of hydrogen-bond donors (Lipinski definition) is 0. The number of Topliss-reactive ketones (excluding diaryl/α,β-unsaturated/α-hetero) is 1. The predicted octanol–water partition coefficient (Wildman–Crippen LogP) is 1.19. The number of likely N-dealkylation sites (tertiary alicyclic amines) is 1. The van der Waals surface area contributed by atoms with Gasteiger partial charge in [0.15, 0.2) is 0 Å². The van der Waals surface area contributed by atoms with E-state index in [2.05, 4.69) is 6.07 Å². The summed E-state index contributed by atoms with van der Waals surface area (Å²) < 4.78 is 0. The van der Waals surface area contributed by atoms with Crippen LogP contribution >= 0.6 is 0 Å². The third kappa shape index (κ3) is 3.15. The Morgan fingerprint density at radius 2 is 2.00 bits per heavy atom. The standard InChI is InChI=1S/C15H17N3O2/c1-17(14-5-3-2-4-12(14)10-16)11-15(20)18-8-6-13(19)7-9-18/h2-5H,6-9,11H2,1H3. The molecule has 2 rings (SSSR count). The van der Waals surface area contributed by atoms with Crippen molar-refractivity contribution < 1.29 is 9.59 Å². The Morgan fingerprint density at radius 3 is 2.65 bits per heavy atom. The van der Waals surface area contributed by atoms with Crippen LogP contribution in [0.4, 0.5) is 5.69 Å². The van der Waals surface area contributed by atoms with Crippen molar-refractivity contribution in [3.63, 3.8) is 0 Å². The summed E-state index contributed by atoms with van der Waals surface area (Å²) in [4.78, 5) is 26.8. The maximum Gasteiger partial charge on any atom is 0.242 e. The van der Waals surface area contributed by atoms with Crippen molar-refractivity contribution >= 4 is 17.4 Å². The maximum absolute atomic E-state index is 12.2. The Balaban J connectivity index is 2.01. The molecular weight excluding hydrogens is 254 g/mol. The predicted molar refractivity (Wildman–Crippen MR) is 75.2 cm³/mol. The molecule has 0 spiro atoms. The third-order valence-corrected chi connectivity index (χ3v) is 3.48. The van der Waals surface area contributed by atoms with E-state index in [1.54, 1.807) is 29.0 Å². The number of amides is 1. The molecule has 1 aliphatic heterocycles. The molecule has 1 aliphatic rings. The lowest BCUT2D eigenvalue weighted by molar-refractivity contribution is -0.133. The molecule has 5 nitrogen and oxygen atoms in total. The number of hydrogen-bond acceptors (Lipinski definition) is 4. The van der Waals surface area contributed by atoms with Gasteiger partial charge >= 0.3 is 0 Å². The first-order chi connectivity index (χ1) is 9.61. The molecule has 20 heavy (non-hydrogen) atoms. The number of nitrogens with zero attached hydrogens (tertiary/aromatic N) is 3. The summed E-state index contributed by atoms with van der Waals surface area (Å²) in [6.45, 7) is 1.23. The second kappa shape index (κ2) is 6.20. The van der Waals surface area contributed by atoms with E-state index < -0.39 is 0 Å². The summed E-state index contributed by atoms with van der Waals surface area (Å²) in [5.41, 5.74) is 1.30. The Labute approximate surface area is 118 Å². The summed E-state index contributed by atoms with van der Waals surface area (Å²) in [6.07, 6.45) is 0.897. The molecule has 0 unspecified atom stereocenters. The number of para-hydroxylation sites is 1. The molecule has 0 bridgehead atoms. The van der Waals surface area contributed by atoms with Gasteiger partial charge in [-0.1, -0.05) is 12.1 Å². The van der Waals surface area contributed by atoms with Crippen molar-refractivity contribution in [2.24, 2.45) is 0 Å². The van der Waals surface area contributed by atoms with Crippen LogP contribution in [0, 0.1) is 11.3 Å². The fourth-order valence-electron chi connectivity index (χ4n) is 2.29. The number of ketones is 1. The van der Waals surface area contributed by atoms with Gasteiger partial charge < -0.3 is 9.80 Å². The van der Waals surface area contributed by atoms with Crippen LogP contribution in [-0.2, 0) is 9.59 Å². The second-order valence-corrected chi connectivity index (χ2v) is 4.90. The number of anilines is 1. The van der Waals surface area contributed by atoms with E-state index in [-0.39, 0.29) is 18.2 Å². The lowest BCUT2D eigenvalue weighted by atomic mass is 10.1. The first kappa shape index (κ1) is 14.1. The quantitative estimate of drug-likeness (QED) is 0.828. The Bertz CT molecular complexity index is 552. The van der Waals surface area contributed by atoms with Gasteiger partial charge in [-0.15, -0.1) is 0 Å². The molecule has 0 radical (unpaired) electrons. The van der Waals surface area contributed by atoms with Gasteiger partial charge in [-0.3, -0.25) is 9.59 Å². The number of piperidine rings is 1. The van der Waals surface area contributed by atoms with Gasteiger partial charge in [0.1, 0.15) is 11.9 Å². The van der Waals surface area contributed by atoms with E-state index in [4.69, 9.17) is 5.26 Å². The minimum atomic E-state index is -0.00672. The highest BCUT2D eigenvalue weighted by atomic mass is 16.2. The molecular formula is C15H17N3O2. The Hall–Kier alpha value is -2.35. The number of likely N-dealkylation sites (N-methyl/N-ethyl adjacent to an activating group) is 1. The van der Waals surface area contributed by atoms with Crippen LogP contribution in [0.5, 0.6) is 0 Å². The minimum Gasteiger partial charge on any atom is -0.364 e. The highest BCUT2D eigenvalue weighted by Gasteiger charge is 2.22. The van der Waals surface area contributed by atoms with Crippen molar-refractivity contribution in [1.82, 2.24) is 4.90 Å². The van der Waals surface area contributed by atoms with Crippen LogP contribution in [0.15, 0.2) is 24.3 Å². The molecule has 1 amide bonds. The molecule has 1 heterocycles. The van der Waals surface area contributed by atoms with E-state index >= 15 is 0 Å². The molecule has 104 valence electrons. The molecule has 0 aromatic heterocycles.